The molecule has 1 nitrogen and oxygen atoms in total. The second-order valence-corrected chi connectivity index (χ2v) is 1.41. The number of nitrogens with two attached hydrogens (primary N) is 1. The third kappa shape index (κ3) is 4.52. The molecule has 0 aliphatic rings. The van der Waals surface area contributed by atoms with Gasteiger partial charge in [0.2, 0.25) is 0 Å². The number of nitrogen functional groups attached to an aromatic ring is 1. The van der Waals surface area contributed by atoms with Gasteiger partial charge in [-0.15, -0.1) is 0 Å². The summed E-state index contributed by atoms with van der Waals surface area (Å²) in [6.07, 6.45) is 0. The summed E-state index contributed by atoms with van der Waals surface area (Å²) < 4.78 is 0. The quantitative estimate of drug-likeness (QED) is 0.507. The second kappa shape index (κ2) is 6.14. The van der Waals surface area contributed by atoms with Crippen LogP contribution in [0, 0.1) is 0 Å². The monoisotopic (exact) mass is 210 g/mol. The first kappa shape index (κ1) is 11.8. The van der Waals surface area contributed by atoms with E-state index < -0.39 is 0 Å². The molecule has 0 fully saturated rings. The molecule has 0 heterocycles. The van der Waals surface area contributed by atoms with E-state index in [2.05, 4.69) is 0 Å². The molecule has 9 heavy (non-hydrogen) atoms. The van der Waals surface area contributed by atoms with E-state index in [1.807, 2.05) is 30.3 Å². The molecule has 0 unspecified atom stereocenters. The van der Waals surface area contributed by atoms with Gasteiger partial charge in [0.25, 0.3) is 0 Å². The number of benzene rings is 1. The van der Waals surface area contributed by atoms with Crippen LogP contribution < -0.4 is 5.73 Å². The van der Waals surface area contributed by atoms with E-state index in [4.69, 9.17) is 5.73 Å². The SMILES string of the molecule is Nc1ccccc1.[Co].[Ni]. The van der Waals surface area contributed by atoms with E-state index in [-0.39, 0.29) is 33.3 Å². The van der Waals surface area contributed by atoms with E-state index >= 15 is 0 Å². The molecule has 1 rings (SSSR count). The van der Waals surface area contributed by atoms with Crippen molar-refractivity contribution in [2.45, 2.75) is 0 Å². The smallest absolute Gasteiger partial charge is 0.0313 e. The normalized spacial score (nSPS) is 6.67. The minimum Gasteiger partial charge on any atom is -0.399 e. The van der Waals surface area contributed by atoms with Crippen LogP contribution in [0.2, 0.25) is 0 Å². The molecule has 0 atom stereocenters. The molecule has 0 saturated heterocycles. The third-order valence-electron chi connectivity index (χ3n) is 0.800. The number of hydrogen-bond acceptors (Lipinski definition) is 1. The predicted octanol–water partition coefficient (Wildman–Crippen LogP) is 1.26. The van der Waals surface area contributed by atoms with Crippen molar-refractivity contribution >= 4 is 5.69 Å². The van der Waals surface area contributed by atoms with Gasteiger partial charge < -0.3 is 5.73 Å². The summed E-state index contributed by atoms with van der Waals surface area (Å²) in [6, 6.07) is 9.49. The van der Waals surface area contributed by atoms with Crippen LogP contribution >= 0.6 is 0 Å². The van der Waals surface area contributed by atoms with Crippen LogP contribution in [-0.2, 0) is 33.3 Å². The average molecular weight is 211 g/mol. The van der Waals surface area contributed by atoms with Gasteiger partial charge in [0.1, 0.15) is 0 Å². The maximum absolute atomic E-state index is 5.36. The van der Waals surface area contributed by atoms with Crippen molar-refractivity contribution in [1.82, 2.24) is 0 Å². The molecule has 1 aromatic rings. The molecule has 55 valence electrons. The average Bonchev–Trinajstić information content (AvgIpc) is 1.69. The molecule has 0 saturated carbocycles. The zero-order valence-corrected chi connectivity index (χ0v) is 6.64. The maximum atomic E-state index is 5.36. The van der Waals surface area contributed by atoms with Crippen molar-refractivity contribution in [3.05, 3.63) is 30.3 Å². The number of hydrogen-bond donors (Lipinski definition) is 1. The molecular formula is C6H7CoNNi. The van der Waals surface area contributed by atoms with Gasteiger partial charge in [0, 0.05) is 39.0 Å². The summed E-state index contributed by atoms with van der Waals surface area (Å²) in [5.74, 6) is 0. The Morgan fingerprint density at radius 3 is 1.67 bits per heavy atom. The molecular weight excluding hydrogens is 204 g/mol. The Morgan fingerprint density at radius 1 is 1.00 bits per heavy atom. The van der Waals surface area contributed by atoms with Gasteiger partial charge >= 0.3 is 0 Å². The molecule has 0 amide bonds. The van der Waals surface area contributed by atoms with E-state index in [0.29, 0.717) is 0 Å². The summed E-state index contributed by atoms with van der Waals surface area (Å²) in [5.41, 5.74) is 6.18. The Morgan fingerprint density at radius 2 is 1.44 bits per heavy atom. The van der Waals surface area contributed by atoms with Crippen molar-refractivity contribution in [1.29, 1.82) is 0 Å². The number of rotatable bonds is 0. The Kier molecular flexibility index (Phi) is 8.04. The van der Waals surface area contributed by atoms with E-state index in [0.717, 1.165) is 5.69 Å². The number of para-hydroxylation sites is 1. The summed E-state index contributed by atoms with van der Waals surface area (Å²) in [7, 11) is 0. The van der Waals surface area contributed by atoms with Crippen molar-refractivity contribution in [2.75, 3.05) is 5.73 Å². The second-order valence-electron chi connectivity index (χ2n) is 1.41. The van der Waals surface area contributed by atoms with Crippen molar-refractivity contribution in [2.24, 2.45) is 0 Å². The molecule has 0 spiro atoms. The van der Waals surface area contributed by atoms with Crippen LogP contribution in [-0.4, -0.2) is 0 Å². The first-order valence-electron chi connectivity index (χ1n) is 2.20. The Bertz CT molecular complexity index is 143. The van der Waals surface area contributed by atoms with Crippen molar-refractivity contribution < 1.29 is 33.3 Å². The molecule has 1 radical (unpaired) electrons. The topological polar surface area (TPSA) is 26.0 Å². The van der Waals surface area contributed by atoms with Gasteiger partial charge in [-0.05, 0) is 12.1 Å². The molecule has 3 heteroatoms. The summed E-state index contributed by atoms with van der Waals surface area (Å²) >= 11 is 0. The summed E-state index contributed by atoms with van der Waals surface area (Å²) in [5, 5.41) is 0. The Balaban J connectivity index is 0. The van der Waals surface area contributed by atoms with Crippen LogP contribution in [0.25, 0.3) is 0 Å². The van der Waals surface area contributed by atoms with E-state index in [1.165, 1.54) is 0 Å². The van der Waals surface area contributed by atoms with Gasteiger partial charge in [0.15, 0.2) is 0 Å². The van der Waals surface area contributed by atoms with Gasteiger partial charge in [-0.25, -0.2) is 0 Å². The molecule has 0 aliphatic heterocycles. The largest absolute Gasteiger partial charge is 0.399 e. The van der Waals surface area contributed by atoms with Gasteiger partial charge in [0.05, 0.1) is 0 Å². The fourth-order valence-corrected chi connectivity index (χ4v) is 0.453. The zero-order chi connectivity index (χ0) is 5.11. The van der Waals surface area contributed by atoms with Gasteiger partial charge in [-0.3, -0.25) is 0 Å². The fourth-order valence-electron chi connectivity index (χ4n) is 0.453. The summed E-state index contributed by atoms with van der Waals surface area (Å²) in [6.45, 7) is 0. The zero-order valence-electron chi connectivity index (χ0n) is 4.61. The van der Waals surface area contributed by atoms with Crippen molar-refractivity contribution in [3.8, 4) is 0 Å². The molecule has 1 aromatic carbocycles. The predicted molar refractivity (Wildman–Crippen MR) is 30.9 cm³/mol. The summed E-state index contributed by atoms with van der Waals surface area (Å²) in [4.78, 5) is 0. The third-order valence-corrected chi connectivity index (χ3v) is 0.800. The van der Waals surface area contributed by atoms with E-state index in [1.54, 1.807) is 0 Å². The molecule has 0 aromatic heterocycles. The number of anilines is 1. The Labute approximate surface area is 75.1 Å². The van der Waals surface area contributed by atoms with Crippen LogP contribution in [0.4, 0.5) is 5.69 Å². The van der Waals surface area contributed by atoms with Crippen molar-refractivity contribution in [3.63, 3.8) is 0 Å². The standard InChI is InChI=1S/C6H7N.Co.Ni/c7-6-4-2-1-3-5-6;;/h1-5H,7H2;;. The minimum absolute atomic E-state index is 0. The Hall–Kier alpha value is 0.0200. The molecule has 0 aliphatic carbocycles. The molecule has 2 N–H and O–H groups in total. The van der Waals surface area contributed by atoms with Crippen LogP contribution in [0.5, 0.6) is 0 Å². The van der Waals surface area contributed by atoms with Crippen LogP contribution in [0.15, 0.2) is 30.3 Å². The first-order chi connectivity index (χ1) is 3.39. The van der Waals surface area contributed by atoms with Crippen LogP contribution in [0.3, 0.4) is 0 Å². The maximum Gasteiger partial charge on any atom is 0.0313 e. The van der Waals surface area contributed by atoms with Crippen LogP contribution in [0.1, 0.15) is 0 Å². The van der Waals surface area contributed by atoms with Gasteiger partial charge in [-0.2, -0.15) is 0 Å². The van der Waals surface area contributed by atoms with E-state index in [9.17, 15) is 0 Å². The fraction of sp³-hybridized carbons (Fsp3) is 0. The van der Waals surface area contributed by atoms with Gasteiger partial charge in [-0.1, -0.05) is 18.2 Å². The molecule has 0 bridgehead atoms. The minimum atomic E-state index is 0. The first-order valence-corrected chi connectivity index (χ1v) is 2.20.